The number of carbonyl (C=O) groups is 2. The predicted octanol–water partition coefficient (Wildman–Crippen LogP) is 5.72. The molecule has 0 radical (unpaired) electrons. The maximum Gasteiger partial charge on any atom is 0.243 e. The van der Waals surface area contributed by atoms with Crippen LogP contribution in [-0.2, 0) is 32.6 Å². The lowest BCUT2D eigenvalue weighted by Crippen LogP contribution is -2.51. The fourth-order valence-electron chi connectivity index (χ4n) is 4.59. The number of carbonyl (C=O) groups excluding carboxylic acids is 2. The molecule has 0 spiro atoms. The number of rotatable bonds is 14. The number of hydrogen-bond acceptors (Lipinski definition) is 4. The lowest BCUT2D eigenvalue weighted by molar-refractivity contribution is -0.141. The summed E-state index contributed by atoms with van der Waals surface area (Å²) in [5.41, 5.74) is 3.29. The van der Waals surface area contributed by atoms with Gasteiger partial charge in [-0.2, -0.15) is 0 Å². The van der Waals surface area contributed by atoms with E-state index in [1.54, 1.807) is 17.0 Å². The van der Waals surface area contributed by atoms with Crippen molar-refractivity contribution in [3.8, 4) is 0 Å². The lowest BCUT2D eigenvalue weighted by atomic mass is 10.0. The first-order valence-corrected chi connectivity index (χ1v) is 16.5. The first kappa shape index (κ1) is 32.3. The van der Waals surface area contributed by atoms with Gasteiger partial charge in [0.15, 0.2) is 0 Å². The minimum atomic E-state index is -3.56. The van der Waals surface area contributed by atoms with Crippen molar-refractivity contribution >= 4 is 43.5 Å². The van der Waals surface area contributed by atoms with Gasteiger partial charge < -0.3 is 10.2 Å². The number of aryl methyl sites for hydroxylation is 1. The van der Waals surface area contributed by atoms with Crippen molar-refractivity contribution in [3.63, 3.8) is 0 Å². The fraction of sp³-hybridized carbons (Fsp3) is 0.375. The summed E-state index contributed by atoms with van der Waals surface area (Å²) in [6, 6.07) is 23.9. The van der Waals surface area contributed by atoms with Gasteiger partial charge in [-0.3, -0.25) is 13.9 Å². The van der Waals surface area contributed by atoms with E-state index < -0.39 is 16.1 Å². The van der Waals surface area contributed by atoms with E-state index in [9.17, 15) is 18.0 Å². The molecule has 2 amide bonds. The highest BCUT2D eigenvalue weighted by Crippen LogP contribution is 2.23. The number of sulfonamides is 1. The van der Waals surface area contributed by atoms with Crippen LogP contribution in [0.25, 0.3) is 0 Å². The van der Waals surface area contributed by atoms with Gasteiger partial charge in [-0.1, -0.05) is 90.4 Å². The van der Waals surface area contributed by atoms with Gasteiger partial charge in [0.1, 0.15) is 6.04 Å². The van der Waals surface area contributed by atoms with Crippen molar-refractivity contribution in [2.75, 3.05) is 23.7 Å². The van der Waals surface area contributed by atoms with E-state index in [1.807, 2.05) is 87.5 Å². The molecule has 1 unspecified atom stereocenters. The lowest BCUT2D eigenvalue weighted by Gasteiger charge is -2.32. The normalized spacial score (nSPS) is 12.1. The zero-order chi connectivity index (χ0) is 30.0. The van der Waals surface area contributed by atoms with E-state index in [-0.39, 0.29) is 37.2 Å². The van der Waals surface area contributed by atoms with Crippen molar-refractivity contribution in [2.45, 2.75) is 52.6 Å². The third-order valence-corrected chi connectivity index (χ3v) is 8.47. The second-order valence-corrected chi connectivity index (χ2v) is 13.5. The molecule has 3 rings (SSSR count). The van der Waals surface area contributed by atoms with E-state index in [4.69, 9.17) is 0 Å². The molecular formula is C32H40BrN3O4S. The maximum absolute atomic E-state index is 13.9. The van der Waals surface area contributed by atoms with Crippen LogP contribution in [0.5, 0.6) is 0 Å². The van der Waals surface area contributed by atoms with Gasteiger partial charge in [-0.05, 0) is 54.2 Å². The van der Waals surface area contributed by atoms with Gasteiger partial charge >= 0.3 is 0 Å². The third-order valence-electron chi connectivity index (χ3n) is 6.76. The number of para-hydroxylation sites is 1. The van der Waals surface area contributed by atoms with Gasteiger partial charge in [-0.15, -0.1) is 0 Å². The molecule has 3 aromatic rings. The molecule has 0 aliphatic rings. The molecule has 0 saturated carbocycles. The Morgan fingerprint density at radius 2 is 1.54 bits per heavy atom. The van der Waals surface area contributed by atoms with Crippen LogP contribution in [0, 0.1) is 12.8 Å². The number of hydrogen-bond donors (Lipinski definition) is 1. The zero-order valence-electron chi connectivity index (χ0n) is 24.2. The van der Waals surface area contributed by atoms with Crippen molar-refractivity contribution < 1.29 is 18.0 Å². The number of nitrogens with one attached hydrogen (secondary N) is 1. The van der Waals surface area contributed by atoms with Crippen molar-refractivity contribution in [1.82, 2.24) is 10.2 Å². The number of anilines is 1. The fourth-order valence-corrected chi connectivity index (χ4v) is 5.88. The maximum atomic E-state index is 13.9. The van der Waals surface area contributed by atoms with E-state index in [0.717, 1.165) is 21.2 Å². The molecule has 0 fully saturated rings. The monoisotopic (exact) mass is 641 g/mol. The van der Waals surface area contributed by atoms with Gasteiger partial charge in [0.05, 0.1) is 11.9 Å². The summed E-state index contributed by atoms with van der Waals surface area (Å²) in [6.07, 6.45) is 1.95. The van der Waals surface area contributed by atoms with Gasteiger partial charge in [0.2, 0.25) is 21.8 Å². The first-order chi connectivity index (χ1) is 19.5. The highest BCUT2D eigenvalue weighted by molar-refractivity contribution is 9.10. The largest absolute Gasteiger partial charge is 0.354 e. The highest BCUT2D eigenvalue weighted by Gasteiger charge is 2.30. The van der Waals surface area contributed by atoms with E-state index in [1.165, 1.54) is 10.6 Å². The molecule has 0 bridgehead atoms. The Morgan fingerprint density at radius 3 is 2.15 bits per heavy atom. The van der Waals surface area contributed by atoms with Crippen LogP contribution < -0.4 is 9.62 Å². The van der Waals surface area contributed by atoms with E-state index in [0.29, 0.717) is 25.1 Å². The van der Waals surface area contributed by atoms with Crippen LogP contribution in [-0.4, -0.2) is 50.5 Å². The van der Waals surface area contributed by atoms with Crippen molar-refractivity contribution in [2.24, 2.45) is 5.92 Å². The van der Waals surface area contributed by atoms with Gasteiger partial charge in [0, 0.05) is 36.9 Å². The highest BCUT2D eigenvalue weighted by atomic mass is 79.9. The first-order valence-electron chi connectivity index (χ1n) is 13.8. The number of benzene rings is 3. The number of halogens is 1. The molecule has 0 aliphatic heterocycles. The standard InChI is InChI=1S/C32H40BrN3O4S/c1-24(2)22-34-32(38)30(21-26-12-6-5-7-13-26)35(23-27-16-18-28(33)19-17-27)31(37)15-10-20-36(41(4,39)40)29-14-9-8-11-25(29)3/h5-9,11-14,16-19,24,30H,10,15,20-23H2,1-4H3,(H,34,38). The number of amides is 2. The minimum absolute atomic E-state index is 0.0944. The molecule has 1 atom stereocenters. The Hall–Kier alpha value is -3.17. The smallest absolute Gasteiger partial charge is 0.243 e. The van der Waals surface area contributed by atoms with E-state index in [2.05, 4.69) is 21.2 Å². The molecule has 220 valence electrons. The molecule has 0 saturated heterocycles. The topological polar surface area (TPSA) is 86.8 Å². The summed E-state index contributed by atoms with van der Waals surface area (Å²) in [6.45, 7) is 6.84. The minimum Gasteiger partial charge on any atom is -0.354 e. The molecule has 0 aromatic heterocycles. The van der Waals surface area contributed by atoms with Gasteiger partial charge in [-0.25, -0.2) is 8.42 Å². The molecule has 0 aliphatic carbocycles. The summed E-state index contributed by atoms with van der Waals surface area (Å²) in [4.78, 5) is 29.1. The quantitative estimate of drug-likeness (QED) is 0.244. The third kappa shape index (κ3) is 10.0. The van der Waals surface area contributed by atoms with Crippen LogP contribution >= 0.6 is 15.9 Å². The molecule has 9 heteroatoms. The zero-order valence-corrected chi connectivity index (χ0v) is 26.6. The molecule has 1 N–H and O–H groups in total. The Labute approximate surface area is 253 Å². The molecule has 0 heterocycles. The van der Waals surface area contributed by atoms with Crippen LogP contribution in [0.2, 0.25) is 0 Å². The Kier molecular flexibility index (Phi) is 12.0. The predicted molar refractivity (Wildman–Crippen MR) is 169 cm³/mol. The van der Waals surface area contributed by atoms with Crippen LogP contribution in [0.3, 0.4) is 0 Å². The molecule has 3 aromatic carbocycles. The molecule has 41 heavy (non-hydrogen) atoms. The molecule has 7 nitrogen and oxygen atoms in total. The van der Waals surface area contributed by atoms with E-state index >= 15 is 0 Å². The van der Waals surface area contributed by atoms with Crippen molar-refractivity contribution in [3.05, 3.63) is 100 Å². The number of nitrogens with zero attached hydrogens (tertiary/aromatic N) is 2. The summed E-state index contributed by atoms with van der Waals surface area (Å²) in [5.74, 6) is -0.146. The average molecular weight is 643 g/mol. The SMILES string of the molecule is Cc1ccccc1N(CCCC(=O)N(Cc1ccc(Br)cc1)C(Cc1ccccc1)C(=O)NCC(C)C)S(C)(=O)=O. The Morgan fingerprint density at radius 1 is 0.902 bits per heavy atom. The van der Waals surface area contributed by atoms with Crippen LogP contribution in [0.15, 0.2) is 83.3 Å². The molecular weight excluding hydrogens is 602 g/mol. The summed E-state index contributed by atoms with van der Waals surface area (Å²) < 4.78 is 27.6. The van der Waals surface area contributed by atoms with Crippen LogP contribution in [0.4, 0.5) is 5.69 Å². The summed E-state index contributed by atoms with van der Waals surface area (Å²) in [5, 5.41) is 3.03. The second-order valence-electron chi connectivity index (χ2n) is 10.7. The van der Waals surface area contributed by atoms with Gasteiger partial charge in [0.25, 0.3) is 0 Å². The van der Waals surface area contributed by atoms with Crippen molar-refractivity contribution in [1.29, 1.82) is 0 Å². The Bertz CT molecular complexity index is 1400. The van der Waals surface area contributed by atoms with Crippen LogP contribution in [0.1, 0.15) is 43.4 Å². The second kappa shape index (κ2) is 15.2. The Balaban J connectivity index is 1.88. The summed E-state index contributed by atoms with van der Waals surface area (Å²) >= 11 is 3.46. The summed E-state index contributed by atoms with van der Waals surface area (Å²) in [7, 11) is -3.56. The average Bonchev–Trinajstić information content (AvgIpc) is 2.93.